The fourth-order valence-electron chi connectivity index (χ4n) is 3.45. The molecule has 2 aromatic carbocycles. The Kier molecular flexibility index (Phi) is 7.08. The van der Waals surface area contributed by atoms with Crippen molar-refractivity contribution in [1.82, 2.24) is 15.5 Å². The van der Waals surface area contributed by atoms with Crippen LogP contribution in [0.25, 0.3) is 0 Å². The van der Waals surface area contributed by atoms with Crippen molar-refractivity contribution in [2.24, 2.45) is 0 Å². The topological polar surface area (TPSA) is 79.9 Å². The van der Waals surface area contributed by atoms with Crippen molar-refractivity contribution in [2.45, 2.75) is 19.0 Å². The van der Waals surface area contributed by atoms with Crippen LogP contribution in [-0.4, -0.2) is 56.1 Å². The van der Waals surface area contributed by atoms with Gasteiger partial charge in [0.1, 0.15) is 17.5 Å². The fourth-order valence-corrected chi connectivity index (χ4v) is 3.45. The number of para-hydroxylation sites is 2. The van der Waals surface area contributed by atoms with Crippen LogP contribution in [0.5, 0.6) is 11.5 Å². The van der Waals surface area contributed by atoms with Gasteiger partial charge in [0.25, 0.3) is 5.91 Å². The van der Waals surface area contributed by atoms with E-state index in [1.807, 2.05) is 42.5 Å². The number of carbonyl (C=O) groups excluding carboxylic acids is 2. The van der Waals surface area contributed by atoms with E-state index < -0.39 is 6.04 Å². The maximum absolute atomic E-state index is 13.1. The number of amides is 2. The van der Waals surface area contributed by atoms with Crippen LogP contribution in [0.3, 0.4) is 0 Å². The molecular weight excluding hydrogens is 370 g/mol. The van der Waals surface area contributed by atoms with E-state index in [0.29, 0.717) is 25.4 Å². The molecule has 1 saturated heterocycles. The zero-order valence-corrected chi connectivity index (χ0v) is 16.8. The normalized spacial score (nSPS) is 17.3. The molecule has 2 atom stereocenters. The smallest absolute Gasteiger partial charge is 0.258 e. The second-order valence-electron chi connectivity index (χ2n) is 6.88. The van der Waals surface area contributed by atoms with Crippen molar-refractivity contribution in [2.75, 3.05) is 33.4 Å². The number of hydrogen-bond acceptors (Lipinski definition) is 5. The highest BCUT2D eigenvalue weighted by Gasteiger charge is 2.32. The van der Waals surface area contributed by atoms with E-state index in [1.54, 1.807) is 31.1 Å². The molecule has 1 aliphatic heterocycles. The zero-order valence-electron chi connectivity index (χ0n) is 16.8. The monoisotopic (exact) mass is 397 g/mol. The van der Waals surface area contributed by atoms with Crippen molar-refractivity contribution in [1.29, 1.82) is 0 Å². The fraction of sp³-hybridized carbons (Fsp3) is 0.364. The molecule has 7 nitrogen and oxygen atoms in total. The minimum Gasteiger partial charge on any atom is -0.496 e. The van der Waals surface area contributed by atoms with Crippen LogP contribution in [0.4, 0.5) is 0 Å². The number of methoxy groups -OCH3 is 1. The number of piperazine rings is 1. The number of nitrogens with one attached hydrogen (secondary N) is 2. The third kappa shape index (κ3) is 5.26. The van der Waals surface area contributed by atoms with Gasteiger partial charge in [-0.15, -0.1) is 0 Å². The standard InChI is InChI=1S/C22H27N3O4/c1-16(24-21(26)15-29-17-8-4-3-5-9-17)22(27)25-13-12-23-14-19(25)18-10-6-7-11-20(18)28-2/h3-11,16,19,23H,12-15H2,1-2H3,(H,24,26). The predicted octanol–water partition coefficient (Wildman–Crippen LogP) is 1.75. The Bertz CT molecular complexity index is 828. The van der Waals surface area contributed by atoms with Crippen molar-refractivity contribution >= 4 is 11.8 Å². The van der Waals surface area contributed by atoms with Gasteiger partial charge in [-0.1, -0.05) is 36.4 Å². The molecule has 3 rings (SSSR count). The Morgan fingerprint density at radius 3 is 2.66 bits per heavy atom. The van der Waals surface area contributed by atoms with Gasteiger partial charge in [-0.3, -0.25) is 9.59 Å². The van der Waals surface area contributed by atoms with Gasteiger partial charge in [-0.25, -0.2) is 0 Å². The summed E-state index contributed by atoms with van der Waals surface area (Å²) in [5, 5.41) is 6.07. The van der Waals surface area contributed by atoms with Gasteiger partial charge in [0.15, 0.2) is 6.61 Å². The Morgan fingerprint density at radius 1 is 1.17 bits per heavy atom. The average Bonchev–Trinajstić information content (AvgIpc) is 2.77. The second-order valence-corrected chi connectivity index (χ2v) is 6.88. The molecule has 0 radical (unpaired) electrons. The first-order valence-corrected chi connectivity index (χ1v) is 9.71. The molecule has 0 spiro atoms. The largest absolute Gasteiger partial charge is 0.496 e. The maximum atomic E-state index is 13.1. The predicted molar refractivity (Wildman–Crippen MR) is 110 cm³/mol. The van der Waals surface area contributed by atoms with Gasteiger partial charge in [0, 0.05) is 25.2 Å². The summed E-state index contributed by atoms with van der Waals surface area (Å²) in [7, 11) is 1.62. The summed E-state index contributed by atoms with van der Waals surface area (Å²) in [5.74, 6) is 0.890. The molecule has 29 heavy (non-hydrogen) atoms. The first-order valence-electron chi connectivity index (χ1n) is 9.71. The SMILES string of the molecule is COc1ccccc1C1CNCCN1C(=O)C(C)NC(=O)COc1ccccc1. The molecule has 0 aromatic heterocycles. The minimum atomic E-state index is -0.655. The first-order chi connectivity index (χ1) is 14.1. The van der Waals surface area contributed by atoms with Crippen LogP contribution in [0, 0.1) is 0 Å². The van der Waals surface area contributed by atoms with E-state index >= 15 is 0 Å². The molecule has 2 unspecified atom stereocenters. The molecule has 2 aromatic rings. The number of carbonyl (C=O) groups is 2. The molecule has 1 fully saturated rings. The molecule has 2 N–H and O–H groups in total. The molecule has 7 heteroatoms. The van der Waals surface area contributed by atoms with Crippen molar-refractivity contribution in [3.05, 3.63) is 60.2 Å². The summed E-state index contributed by atoms with van der Waals surface area (Å²) in [5.41, 5.74) is 0.946. The van der Waals surface area contributed by atoms with Gasteiger partial charge in [-0.2, -0.15) is 0 Å². The summed E-state index contributed by atoms with van der Waals surface area (Å²) in [6, 6.07) is 16.0. The molecule has 0 bridgehead atoms. The van der Waals surface area contributed by atoms with E-state index in [2.05, 4.69) is 10.6 Å². The lowest BCUT2D eigenvalue weighted by molar-refractivity contribution is -0.139. The van der Waals surface area contributed by atoms with Crippen LogP contribution in [0.15, 0.2) is 54.6 Å². The maximum Gasteiger partial charge on any atom is 0.258 e. The van der Waals surface area contributed by atoms with Gasteiger partial charge < -0.3 is 25.0 Å². The van der Waals surface area contributed by atoms with Crippen molar-refractivity contribution in [3.8, 4) is 11.5 Å². The van der Waals surface area contributed by atoms with Crippen molar-refractivity contribution in [3.63, 3.8) is 0 Å². The summed E-state index contributed by atoms with van der Waals surface area (Å²) < 4.78 is 10.9. The van der Waals surface area contributed by atoms with Gasteiger partial charge in [-0.05, 0) is 25.1 Å². The molecular formula is C22H27N3O4. The van der Waals surface area contributed by atoms with Crippen LogP contribution in [0.2, 0.25) is 0 Å². The van der Waals surface area contributed by atoms with E-state index in [0.717, 1.165) is 11.3 Å². The Labute approximate surface area is 171 Å². The highest BCUT2D eigenvalue weighted by atomic mass is 16.5. The lowest BCUT2D eigenvalue weighted by Crippen LogP contribution is -2.54. The summed E-state index contributed by atoms with van der Waals surface area (Å²) in [4.78, 5) is 27.1. The van der Waals surface area contributed by atoms with E-state index in [1.165, 1.54) is 0 Å². The van der Waals surface area contributed by atoms with E-state index in [-0.39, 0.29) is 24.5 Å². The van der Waals surface area contributed by atoms with Crippen LogP contribution < -0.4 is 20.1 Å². The molecule has 0 saturated carbocycles. The Morgan fingerprint density at radius 2 is 1.90 bits per heavy atom. The number of rotatable bonds is 7. The molecule has 2 amide bonds. The molecule has 1 aliphatic rings. The van der Waals surface area contributed by atoms with Crippen LogP contribution in [-0.2, 0) is 9.59 Å². The summed E-state index contributed by atoms with van der Waals surface area (Å²) in [6.07, 6.45) is 0. The second kappa shape index (κ2) is 9.93. The minimum absolute atomic E-state index is 0.129. The highest BCUT2D eigenvalue weighted by Crippen LogP contribution is 2.30. The van der Waals surface area contributed by atoms with Gasteiger partial charge in [0.2, 0.25) is 5.91 Å². The third-order valence-corrected chi connectivity index (χ3v) is 4.89. The van der Waals surface area contributed by atoms with E-state index in [9.17, 15) is 9.59 Å². The summed E-state index contributed by atoms with van der Waals surface area (Å²) in [6.45, 7) is 3.45. The highest BCUT2D eigenvalue weighted by molar-refractivity contribution is 5.88. The van der Waals surface area contributed by atoms with Gasteiger partial charge >= 0.3 is 0 Å². The number of ether oxygens (including phenoxy) is 2. The number of benzene rings is 2. The number of nitrogens with zero attached hydrogens (tertiary/aromatic N) is 1. The van der Waals surface area contributed by atoms with E-state index in [4.69, 9.17) is 9.47 Å². The third-order valence-electron chi connectivity index (χ3n) is 4.89. The van der Waals surface area contributed by atoms with Crippen LogP contribution in [0.1, 0.15) is 18.5 Å². The summed E-state index contributed by atoms with van der Waals surface area (Å²) >= 11 is 0. The van der Waals surface area contributed by atoms with Crippen molar-refractivity contribution < 1.29 is 19.1 Å². The lowest BCUT2D eigenvalue weighted by atomic mass is 10.0. The first kappa shape index (κ1) is 20.7. The quantitative estimate of drug-likeness (QED) is 0.744. The molecule has 1 heterocycles. The Balaban J connectivity index is 1.63. The lowest BCUT2D eigenvalue weighted by Gasteiger charge is -2.38. The number of hydrogen-bond donors (Lipinski definition) is 2. The van der Waals surface area contributed by atoms with Crippen LogP contribution >= 0.6 is 0 Å². The van der Waals surface area contributed by atoms with Gasteiger partial charge in [0.05, 0.1) is 13.2 Å². The Hall–Kier alpha value is -3.06. The average molecular weight is 397 g/mol. The molecule has 0 aliphatic carbocycles. The zero-order chi connectivity index (χ0) is 20.6. The molecule has 154 valence electrons.